The summed E-state index contributed by atoms with van der Waals surface area (Å²) in [5.74, 6) is -1.21. The summed E-state index contributed by atoms with van der Waals surface area (Å²) in [5, 5.41) is 15.7. The molecule has 0 saturated heterocycles. The van der Waals surface area contributed by atoms with E-state index in [1.807, 2.05) is 35.0 Å². The molecule has 2 N–H and O–H groups in total. The Bertz CT molecular complexity index is 564. The first-order valence-electron chi connectivity index (χ1n) is 6.69. The number of amides is 1. The lowest BCUT2D eigenvalue weighted by Crippen LogP contribution is -2.27. The average molecular weight is 323 g/mol. The van der Waals surface area contributed by atoms with Crippen molar-refractivity contribution < 1.29 is 14.7 Å². The normalized spacial score (nSPS) is 12.0. The third-order valence-corrected chi connectivity index (χ3v) is 5.04. The second-order valence-corrected chi connectivity index (χ2v) is 6.71. The molecule has 0 bridgehead atoms. The number of aliphatic carboxylic acids is 1. The standard InChI is InChI=1S/C15H17NO3S2/c17-14(16-6-5-12-3-1-7-20-12)9-11(10-15(18)19)13-4-2-8-21-13/h1-4,7-8,11H,5-6,9-10H2,(H,16,17)(H,18,19)/t11-/m0/s1. The highest BCUT2D eigenvalue weighted by Crippen LogP contribution is 2.27. The molecule has 0 saturated carbocycles. The zero-order chi connectivity index (χ0) is 15.1. The third kappa shape index (κ3) is 5.32. The zero-order valence-electron chi connectivity index (χ0n) is 11.5. The molecule has 6 heteroatoms. The van der Waals surface area contributed by atoms with Gasteiger partial charge in [-0.05, 0) is 29.3 Å². The smallest absolute Gasteiger partial charge is 0.304 e. The van der Waals surface area contributed by atoms with E-state index in [2.05, 4.69) is 5.32 Å². The number of carboxylic acids is 1. The van der Waals surface area contributed by atoms with Gasteiger partial charge >= 0.3 is 5.97 Å². The molecule has 2 heterocycles. The molecule has 21 heavy (non-hydrogen) atoms. The fourth-order valence-corrected chi connectivity index (χ4v) is 3.62. The van der Waals surface area contributed by atoms with E-state index < -0.39 is 5.97 Å². The first kappa shape index (κ1) is 15.7. The number of thiophene rings is 2. The SMILES string of the molecule is O=C(O)C[C@H](CC(=O)NCCc1cccs1)c1cccs1. The monoisotopic (exact) mass is 323 g/mol. The minimum absolute atomic E-state index is 0.0150. The van der Waals surface area contributed by atoms with E-state index >= 15 is 0 Å². The number of hydrogen-bond donors (Lipinski definition) is 2. The average Bonchev–Trinajstić information content (AvgIpc) is 3.10. The summed E-state index contributed by atoms with van der Waals surface area (Å²) < 4.78 is 0. The molecular weight excluding hydrogens is 306 g/mol. The van der Waals surface area contributed by atoms with Gasteiger partial charge < -0.3 is 10.4 Å². The highest BCUT2D eigenvalue weighted by molar-refractivity contribution is 7.10. The van der Waals surface area contributed by atoms with Crippen molar-refractivity contribution in [2.45, 2.75) is 25.2 Å². The van der Waals surface area contributed by atoms with E-state index in [4.69, 9.17) is 5.11 Å². The van der Waals surface area contributed by atoms with Crippen molar-refractivity contribution in [1.29, 1.82) is 0 Å². The fraction of sp³-hybridized carbons (Fsp3) is 0.333. The minimum Gasteiger partial charge on any atom is -0.481 e. The summed E-state index contributed by atoms with van der Waals surface area (Å²) in [6.07, 6.45) is 1.02. The summed E-state index contributed by atoms with van der Waals surface area (Å²) in [7, 11) is 0. The van der Waals surface area contributed by atoms with Crippen LogP contribution in [-0.4, -0.2) is 23.5 Å². The van der Waals surface area contributed by atoms with Crippen LogP contribution in [0.1, 0.15) is 28.5 Å². The summed E-state index contributed by atoms with van der Waals surface area (Å²) in [6, 6.07) is 7.79. The quantitative estimate of drug-likeness (QED) is 0.784. The van der Waals surface area contributed by atoms with Crippen molar-refractivity contribution in [3.63, 3.8) is 0 Å². The van der Waals surface area contributed by atoms with Gasteiger partial charge in [-0.25, -0.2) is 0 Å². The van der Waals surface area contributed by atoms with Crippen molar-refractivity contribution in [1.82, 2.24) is 5.32 Å². The van der Waals surface area contributed by atoms with Gasteiger partial charge in [-0.1, -0.05) is 12.1 Å². The molecule has 0 aliphatic heterocycles. The van der Waals surface area contributed by atoms with E-state index in [-0.39, 0.29) is 24.7 Å². The first-order chi connectivity index (χ1) is 10.1. The van der Waals surface area contributed by atoms with Gasteiger partial charge in [0.1, 0.15) is 0 Å². The Morgan fingerprint density at radius 1 is 1.14 bits per heavy atom. The van der Waals surface area contributed by atoms with Crippen LogP contribution >= 0.6 is 22.7 Å². The highest BCUT2D eigenvalue weighted by Gasteiger charge is 2.20. The minimum atomic E-state index is -0.875. The predicted molar refractivity (Wildman–Crippen MR) is 85.0 cm³/mol. The molecule has 0 aliphatic rings. The van der Waals surface area contributed by atoms with Gasteiger partial charge in [-0.2, -0.15) is 0 Å². The number of nitrogens with one attached hydrogen (secondary N) is 1. The second-order valence-electron chi connectivity index (χ2n) is 4.69. The van der Waals surface area contributed by atoms with Gasteiger partial charge in [0.25, 0.3) is 0 Å². The Labute approximate surface area is 131 Å². The van der Waals surface area contributed by atoms with Gasteiger partial charge in [-0.3, -0.25) is 9.59 Å². The molecule has 2 aromatic heterocycles. The molecule has 112 valence electrons. The highest BCUT2D eigenvalue weighted by atomic mass is 32.1. The molecule has 0 fully saturated rings. The maximum Gasteiger partial charge on any atom is 0.304 e. The van der Waals surface area contributed by atoms with Gasteiger partial charge in [0.05, 0.1) is 6.42 Å². The van der Waals surface area contributed by atoms with E-state index in [9.17, 15) is 9.59 Å². The Balaban J connectivity index is 1.81. The van der Waals surface area contributed by atoms with Gasteiger partial charge in [0.2, 0.25) is 5.91 Å². The van der Waals surface area contributed by atoms with Crippen LogP contribution in [0.15, 0.2) is 35.0 Å². The Kier molecular flexibility index (Phi) is 5.95. The Hall–Kier alpha value is -1.66. The van der Waals surface area contributed by atoms with E-state index in [0.29, 0.717) is 6.54 Å². The number of rotatable bonds is 8. The molecular formula is C15H17NO3S2. The fourth-order valence-electron chi connectivity index (χ4n) is 2.08. The topological polar surface area (TPSA) is 66.4 Å². The van der Waals surface area contributed by atoms with Crippen molar-refractivity contribution in [2.75, 3.05) is 6.54 Å². The molecule has 0 aromatic carbocycles. The maximum atomic E-state index is 12.0. The van der Waals surface area contributed by atoms with Crippen LogP contribution in [-0.2, 0) is 16.0 Å². The van der Waals surface area contributed by atoms with Gasteiger partial charge in [-0.15, -0.1) is 22.7 Å². The first-order valence-corrected chi connectivity index (χ1v) is 8.45. The summed E-state index contributed by atoms with van der Waals surface area (Å²) in [4.78, 5) is 25.1. The Morgan fingerprint density at radius 2 is 1.90 bits per heavy atom. The molecule has 0 unspecified atom stereocenters. The van der Waals surface area contributed by atoms with Crippen LogP contribution in [0.3, 0.4) is 0 Å². The number of carbonyl (C=O) groups excluding carboxylic acids is 1. The van der Waals surface area contributed by atoms with Crippen LogP contribution in [0.2, 0.25) is 0 Å². The molecule has 2 rings (SSSR count). The molecule has 0 radical (unpaired) electrons. The summed E-state index contributed by atoms with van der Waals surface area (Å²) in [5.41, 5.74) is 0. The lowest BCUT2D eigenvalue weighted by molar-refractivity contribution is -0.137. The van der Waals surface area contributed by atoms with Crippen LogP contribution in [0, 0.1) is 0 Å². The van der Waals surface area contributed by atoms with Crippen LogP contribution in [0.4, 0.5) is 0 Å². The number of hydrogen-bond acceptors (Lipinski definition) is 4. The van der Waals surface area contributed by atoms with Crippen molar-refractivity contribution in [2.24, 2.45) is 0 Å². The predicted octanol–water partition coefficient (Wildman–Crippen LogP) is 3.12. The van der Waals surface area contributed by atoms with Crippen molar-refractivity contribution >= 4 is 34.6 Å². The van der Waals surface area contributed by atoms with Crippen molar-refractivity contribution in [3.8, 4) is 0 Å². The van der Waals surface area contributed by atoms with Gasteiger partial charge in [0.15, 0.2) is 0 Å². The van der Waals surface area contributed by atoms with E-state index in [1.54, 1.807) is 11.3 Å². The zero-order valence-corrected chi connectivity index (χ0v) is 13.1. The summed E-state index contributed by atoms with van der Waals surface area (Å²) in [6.45, 7) is 0.587. The lowest BCUT2D eigenvalue weighted by Gasteiger charge is -2.13. The molecule has 1 amide bonds. The Morgan fingerprint density at radius 3 is 2.52 bits per heavy atom. The van der Waals surface area contributed by atoms with Crippen LogP contribution in [0.25, 0.3) is 0 Å². The molecule has 1 atom stereocenters. The number of carbonyl (C=O) groups is 2. The van der Waals surface area contributed by atoms with E-state index in [0.717, 1.165) is 11.3 Å². The third-order valence-electron chi connectivity index (χ3n) is 3.07. The second kappa shape index (κ2) is 7.95. The van der Waals surface area contributed by atoms with Gasteiger partial charge in [0, 0.05) is 28.6 Å². The molecule has 0 spiro atoms. The van der Waals surface area contributed by atoms with Crippen LogP contribution < -0.4 is 5.32 Å². The number of carboxylic acid groups (broad SMARTS) is 1. The lowest BCUT2D eigenvalue weighted by atomic mass is 9.99. The van der Waals surface area contributed by atoms with E-state index in [1.165, 1.54) is 16.2 Å². The summed E-state index contributed by atoms with van der Waals surface area (Å²) >= 11 is 3.16. The maximum absolute atomic E-state index is 12.0. The molecule has 2 aromatic rings. The van der Waals surface area contributed by atoms with Crippen molar-refractivity contribution in [3.05, 3.63) is 44.8 Å². The molecule has 0 aliphatic carbocycles. The largest absolute Gasteiger partial charge is 0.481 e. The molecule has 4 nitrogen and oxygen atoms in total. The van der Waals surface area contributed by atoms with Crippen LogP contribution in [0.5, 0.6) is 0 Å².